The Balaban J connectivity index is 2.29. The van der Waals surface area contributed by atoms with Crippen molar-refractivity contribution in [2.75, 3.05) is 21.3 Å². The average Bonchev–Trinajstić information content (AvgIpc) is 2.89. The second-order valence-electron chi connectivity index (χ2n) is 4.65. The number of aryl methyl sites for hydroxylation is 1. The number of benzene rings is 1. The smallest absolute Gasteiger partial charge is 0.122 e. The van der Waals surface area contributed by atoms with Gasteiger partial charge < -0.3 is 19.4 Å². The van der Waals surface area contributed by atoms with E-state index >= 15 is 0 Å². The molecule has 0 bridgehead atoms. The molecular formula is C15H21N3O2. The molecule has 5 heteroatoms. The van der Waals surface area contributed by atoms with Gasteiger partial charge in [0.1, 0.15) is 17.3 Å². The number of ether oxygens (including phenoxy) is 2. The predicted molar refractivity (Wildman–Crippen MR) is 78.3 cm³/mol. The number of likely N-dealkylation sites (N-methyl/N-ethyl adjacent to an activating group) is 1. The zero-order valence-corrected chi connectivity index (χ0v) is 12.4. The topological polar surface area (TPSA) is 48.3 Å². The molecule has 0 aliphatic heterocycles. The maximum atomic E-state index is 5.32. The second-order valence-corrected chi connectivity index (χ2v) is 4.65. The number of rotatable bonds is 6. The highest BCUT2D eigenvalue weighted by Crippen LogP contribution is 2.27. The lowest BCUT2D eigenvalue weighted by Gasteiger charge is -2.18. The van der Waals surface area contributed by atoms with E-state index in [0.29, 0.717) is 0 Å². The van der Waals surface area contributed by atoms with Crippen LogP contribution in [0, 0.1) is 0 Å². The van der Waals surface area contributed by atoms with Gasteiger partial charge >= 0.3 is 0 Å². The monoisotopic (exact) mass is 275 g/mol. The molecule has 0 amide bonds. The van der Waals surface area contributed by atoms with Crippen molar-refractivity contribution in [2.45, 2.75) is 12.5 Å². The molecule has 20 heavy (non-hydrogen) atoms. The molecule has 0 aliphatic rings. The summed E-state index contributed by atoms with van der Waals surface area (Å²) < 4.78 is 12.7. The minimum absolute atomic E-state index is 0.153. The Hall–Kier alpha value is -2.01. The van der Waals surface area contributed by atoms with Gasteiger partial charge in [-0.25, -0.2) is 4.98 Å². The van der Waals surface area contributed by atoms with Crippen molar-refractivity contribution in [2.24, 2.45) is 7.05 Å². The highest BCUT2D eigenvalue weighted by Gasteiger charge is 2.15. The van der Waals surface area contributed by atoms with Crippen LogP contribution in [-0.2, 0) is 13.5 Å². The number of hydrogen-bond acceptors (Lipinski definition) is 4. The first kappa shape index (κ1) is 14.4. The fourth-order valence-corrected chi connectivity index (χ4v) is 2.19. The van der Waals surface area contributed by atoms with Crippen molar-refractivity contribution < 1.29 is 9.47 Å². The zero-order valence-electron chi connectivity index (χ0n) is 12.4. The highest BCUT2D eigenvalue weighted by molar-refractivity contribution is 5.40. The molecule has 0 saturated heterocycles. The molecule has 108 valence electrons. The van der Waals surface area contributed by atoms with Crippen LogP contribution < -0.4 is 14.8 Å². The Morgan fingerprint density at radius 1 is 1.20 bits per heavy atom. The van der Waals surface area contributed by atoms with Crippen LogP contribution in [0.1, 0.15) is 17.4 Å². The van der Waals surface area contributed by atoms with Crippen LogP contribution in [0.3, 0.4) is 0 Å². The summed E-state index contributed by atoms with van der Waals surface area (Å²) in [7, 11) is 7.26. The van der Waals surface area contributed by atoms with Crippen LogP contribution in [0.2, 0.25) is 0 Å². The van der Waals surface area contributed by atoms with E-state index in [4.69, 9.17) is 9.47 Å². The summed E-state index contributed by atoms with van der Waals surface area (Å²) in [5.41, 5.74) is 1.12. The predicted octanol–water partition coefficient (Wildman–Crippen LogP) is 1.94. The Bertz CT molecular complexity index is 544. The molecule has 0 spiro atoms. The van der Waals surface area contributed by atoms with Crippen molar-refractivity contribution in [3.05, 3.63) is 42.0 Å². The molecular weight excluding hydrogens is 254 g/mol. The lowest BCUT2D eigenvalue weighted by Crippen LogP contribution is -2.20. The first-order valence-corrected chi connectivity index (χ1v) is 6.54. The molecule has 0 saturated carbocycles. The standard InChI is InChI=1S/C15H21N3O2/c1-16-14(10-15-17-5-6-18(15)2)11-7-12(19-3)9-13(8-11)20-4/h5-9,14,16H,10H2,1-4H3. The quantitative estimate of drug-likeness (QED) is 0.875. The van der Waals surface area contributed by atoms with Gasteiger partial charge in [-0.2, -0.15) is 0 Å². The van der Waals surface area contributed by atoms with E-state index in [1.165, 1.54) is 0 Å². The average molecular weight is 275 g/mol. The Morgan fingerprint density at radius 2 is 1.85 bits per heavy atom. The fraction of sp³-hybridized carbons (Fsp3) is 0.400. The van der Waals surface area contributed by atoms with E-state index in [2.05, 4.69) is 10.3 Å². The van der Waals surface area contributed by atoms with E-state index in [0.717, 1.165) is 29.3 Å². The molecule has 0 aliphatic carbocycles. The summed E-state index contributed by atoms with van der Waals surface area (Å²) in [6.07, 6.45) is 4.57. The summed E-state index contributed by atoms with van der Waals surface area (Å²) in [6.45, 7) is 0. The normalized spacial score (nSPS) is 12.2. The van der Waals surface area contributed by atoms with E-state index in [1.54, 1.807) is 14.2 Å². The maximum Gasteiger partial charge on any atom is 0.122 e. The van der Waals surface area contributed by atoms with Gasteiger partial charge in [-0.15, -0.1) is 0 Å². The summed E-state index contributed by atoms with van der Waals surface area (Å²) in [5, 5.41) is 3.32. The van der Waals surface area contributed by atoms with Gasteiger partial charge in [0.2, 0.25) is 0 Å². The summed E-state index contributed by atoms with van der Waals surface area (Å²) in [6, 6.07) is 6.07. The second kappa shape index (κ2) is 6.43. The molecule has 2 rings (SSSR count). The van der Waals surface area contributed by atoms with Crippen LogP contribution in [0.15, 0.2) is 30.6 Å². The van der Waals surface area contributed by atoms with Gasteiger partial charge in [0, 0.05) is 38.0 Å². The lowest BCUT2D eigenvalue weighted by atomic mass is 10.0. The molecule has 1 aromatic heterocycles. The largest absolute Gasteiger partial charge is 0.497 e. The van der Waals surface area contributed by atoms with E-state index in [1.807, 2.05) is 49.3 Å². The molecule has 1 N–H and O–H groups in total. The van der Waals surface area contributed by atoms with Gasteiger partial charge in [-0.05, 0) is 24.7 Å². The third-order valence-corrected chi connectivity index (χ3v) is 3.43. The van der Waals surface area contributed by atoms with Crippen LogP contribution in [0.25, 0.3) is 0 Å². The minimum atomic E-state index is 0.153. The van der Waals surface area contributed by atoms with E-state index in [-0.39, 0.29) is 6.04 Å². The van der Waals surface area contributed by atoms with Crippen LogP contribution >= 0.6 is 0 Å². The number of nitrogens with one attached hydrogen (secondary N) is 1. The van der Waals surface area contributed by atoms with Gasteiger partial charge in [0.05, 0.1) is 14.2 Å². The fourth-order valence-electron chi connectivity index (χ4n) is 2.19. The molecule has 2 aromatic rings. The van der Waals surface area contributed by atoms with Crippen LogP contribution in [0.5, 0.6) is 11.5 Å². The summed E-state index contributed by atoms with van der Waals surface area (Å²) in [4.78, 5) is 4.37. The first-order valence-electron chi connectivity index (χ1n) is 6.54. The van der Waals surface area contributed by atoms with Gasteiger partial charge in [0.25, 0.3) is 0 Å². The van der Waals surface area contributed by atoms with Crippen LogP contribution in [0.4, 0.5) is 0 Å². The lowest BCUT2D eigenvalue weighted by molar-refractivity contribution is 0.391. The molecule has 0 fully saturated rings. The highest BCUT2D eigenvalue weighted by atomic mass is 16.5. The van der Waals surface area contributed by atoms with Crippen molar-refractivity contribution in [3.8, 4) is 11.5 Å². The van der Waals surface area contributed by atoms with Crippen LogP contribution in [-0.4, -0.2) is 30.8 Å². The Morgan fingerprint density at radius 3 is 2.30 bits per heavy atom. The summed E-state index contributed by atoms with van der Waals surface area (Å²) >= 11 is 0. The van der Waals surface area contributed by atoms with Gasteiger partial charge in [-0.3, -0.25) is 0 Å². The SMILES string of the molecule is CNC(Cc1nccn1C)c1cc(OC)cc(OC)c1. The summed E-state index contributed by atoms with van der Waals surface area (Å²) in [5.74, 6) is 2.62. The van der Waals surface area contributed by atoms with Crippen molar-refractivity contribution >= 4 is 0 Å². The zero-order chi connectivity index (χ0) is 14.5. The molecule has 1 aromatic carbocycles. The number of aromatic nitrogens is 2. The van der Waals surface area contributed by atoms with E-state index in [9.17, 15) is 0 Å². The number of methoxy groups -OCH3 is 2. The Kier molecular flexibility index (Phi) is 4.63. The van der Waals surface area contributed by atoms with Crippen molar-refractivity contribution in [3.63, 3.8) is 0 Å². The molecule has 1 atom stereocenters. The third-order valence-electron chi connectivity index (χ3n) is 3.43. The van der Waals surface area contributed by atoms with Gasteiger partial charge in [0.15, 0.2) is 0 Å². The number of nitrogens with zero attached hydrogens (tertiary/aromatic N) is 2. The van der Waals surface area contributed by atoms with Crippen molar-refractivity contribution in [1.82, 2.24) is 14.9 Å². The van der Waals surface area contributed by atoms with E-state index < -0.39 is 0 Å². The Labute approximate surface area is 119 Å². The van der Waals surface area contributed by atoms with Crippen molar-refractivity contribution in [1.29, 1.82) is 0 Å². The molecule has 1 unspecified atom stereocenters. The third kappa shape index (κ3) is 3.11. The molecule has 0 radical (unpaired) electrons. The molecule has 5 nitrogen and oxygen atoms in total. The number of imidazole rings is 1. The number of hydrogen-bond donors (Lipinski definition) is 1. The molecule has 1 heterocycles. The minimum Gasteiger partial charge on any atom is -0.497 e. The van der Waals surface area contributed by atoms with Gasteiger partial charge in [-0.1, -0.05) is 0 Å². The maximum absolute atomic E-state index is 5.32. The first-order chi connectivity index (χ1) is 9.67.